The largest absolute Gasteiger partial charge is 0.481 e. The molecule has 0 unspecified atom stereocenters. The quantitative estimate of drug-likeness (QED) is 0.681. The van der Waals surface area contributed by atoms with Crippen LogP contribution in [0, 0.1) is 0 Å². The van der Waals surface area contributed by atoms with Crippen LogP contribution in [0.15, 0.2) is 24.3 Å². The highest BCUT2D eigenvalue weighted by Gasteiger charge is 2.07. The highest BCUT2D eigenvalue weighted by molar-refractivity contribution is 5.91. The number of rotatable bonds is 9. The Labute approximate surface area is 118 Å². The minimum absolute atomic E-state index is 0.0528. The molecule has 0 spiro atoms. The summed E-state index contributed by atoms with van der Waals surface area (Å²) >= 11 is 0. The number of anilines is 1. The Morgan fingerprint density at radius 1 is 1.25 bits per heavy atom. The number of amides is 1. The van der Waals surface area contributed by atoms with Crippen molar-refractivity contribution in [2.24, 2.45) is 0 Å². The summed E-state index contributed by atoms with van der Waals surface area (Å²) in [6.45, 7) is 3.14. The zero-order chi connectivity index (χ0) is 14.8. The highest BCUT2D eigenvalue weighted by atomic mass is 16.5. The lowest BCUT2D eigenvalue weighted by Crippen LogP contribution is -2.14. The molecule has 0 atom stereocenters. The molecule has 0 saturated carbocycles. The molecule has 0 heterocycles. The predicted molar refractivity (Wildman–Crippen MR) is 76.8 cm³/mol. The normalized spacial score (nSPS) is 10.2. The summed E-state index contributed by atoms with van der Waals surface area (Å²) in [6.07, 6.45) is 1.53. The van der Waals surface area contributed by atoms with Crippen LogP contribution in [0.2, 0.25) is 0 Å². The van der Waals surface area contributed by atoms with Crippen molar-refractivity contribution in [3.63, 3.8) is 0 Å². The molecule has 1 aromatic rings. The van der Waals surface area contributed by atoms with E-state index in [1.807, 2.05) is 25.1 Å². The molecular weight excluding hydrogens is 258 g/mol. The molecule has 110 valence electrons. The van der Waals surface area contributed by atoms with Gasteiger partial charge in [-0.2, -0.15) is 0 Å². The van der Waals surface area contributed by atoms with Crippen molar-refractivity contribution in [2.75, 3.05) is 18.5 Å². The Bertz CT molecular complexity index is 445. The topological polar surface area (TPSA) is 75.6 Å². The van der Waals surface area contributed by atoms with Gasteiger partial charge in [-0.1, -0.05) is 18.2 Å². The third-order valence-corrected chi connectivity index (χ3v) is 2.80. The zero-order valence-corrected chi connectivity index (χ0v) is 11.7. The van der Waals surface area contributed by atoms with E-state index in [4.69, 9.17) is 9.84 Å². The number of aliphatic carboxylic acids is 1. The molecule has 0 fully saturated rings. The van der Waals surface area contributed by atoms with Gasteiger partial charge in [0.1, 0.15) is 0 Å². The number of hydrogen-bond acceptors (Lipinski definition) is 3. The smallest absolute Gasteiger partial charge is 0.303 e. The minimum Gasteiger partial charge on any atom is -0.481 e. The lowest BCUT2D eigenvalue weighted by atomic mass is 10.1. The third-order valence-electron chi connectivity index (χ3n) is 2.80. The van der Waals surface area contributed by atoms with Gasteiger partial charge in [-0.3, -0.25) is 9.59 Å². The summed E-state index contributed by atoms with van der Waals surface area (Å²) in [5.74, 6) is -0.921. The molecular formula is C15H21NO4. The molecule has 0 saturated heterocycles. The number of hydrogen-bond donors (Lipinski definition) is 2. The second kappa shape index (κ2) is 9.09. The monoisotopic (exact) mass is 279 g/mol. The summed E-state index contributed by atoms with van der Waals surface area (Å²) < 4.78 is 5.18. The van der Waals surface area contributed by atoms with Gasteiger partial charge in [0.05, 0.1) is 0 Å². The Kier molecular flexibility index (Phi) is 7.35. The maximum absolute atomic E-state index is 11.8. The van der Waals surface area contributed by atoms with E-state index in [2.05, 4.69) is 5.32 Å². The fourth-order valence-electron chi connectivity index (χ4n) is 1.79. The summed E-state index contributed by atoms with van der Waals surface area (Å²) in [5.41, 5.74) is 1.53. The standard InChI is InChI=1S/C15H21NO4/c1-2-20-11-5-8-14(17)16-13-7-4-3-6-12(13)9-10-15(18)19/h3-4,6-7H,2,5,8-11H2,1H3,(H,16,17)(H,18,19). The third kappa shape index (κ3) is 6.33. The molecule has 5 nitrogen and oxygen atoms in total. The van der Waals surface area contributed by atoms with Crippen LogP contribution in [0.1, 0.15) is 31.7 Å². The van der Waals surface area contributed by atoms with E-state index in [0.29, 0.717) is 38.2 Å². The number of benzene rings is 1. The molecule has 0 aliphatic heterocycles. The van der Waals surface area contributed by atoms with Crippen molar-refractivity contribution < 1.29 is 19.4 Å². The van der Waals surface area contributed by atoms with Gasteiger partial charge >= 0.3 is 5.97 Å². The first-order chi connectivity index (χ1) is 9.63. The number of ether oxygens (including phenoxy) is 1. The van der Waals surface area contributed by atoms with Gasteiger partial charge in [0, 0.05) is 31.7 Å². The predicted octanol–water partition coefficient (Wildman–Crippen LogP) is 2.46. The SMILES string of the molecule is CCOCCCC(=O)Nc1ccccc1CCC(=O)O. The molecule has 5 heteroatoms. The van der Waals surface area contributed by atoms with Crippen LogP contribution < -0.4 is 5.32 Å². The van der Waals surface area contributed by atoms with E-state index >= 15 is 0 Å². The molecule has 0 aliphatic rings. The van der Waals surface area contributed by atoms with Crippen LogP contribution >= 0.6 is 0 Å². The number of carboxylic acids is 1. The van der Waals surface area contributed by atoms with Crippen molar-refractivity contribution in [1.82, 2.24) is 0 Å². The Morgan fingerprint density at radius 3 is 2.70 bits per heavy atom. The zero-order valence-electron chi connectivity index (χ0n) is 11.7. The van der Waals surface area contributed by atoms with Crippen LogP contribution in [0.4, 0.5) is 5.69 Å². The van der Waals surface area contributed by atoms with Gasteiger partial charge in [0.15, 0.2) is 0 Å². The average molecular weight is 279 g/mol. The lowest BCUT2D eigenvalue weighted by molar-refractivity contribution is -0.136. The van der Waals surface area contributed by atoms with Crippen LogP contribution in [0.3, 0.4) is 0 Å². The molecule has 20 heavy (non-hydrogen) atoms. The maximum atomic E-state index is 11.8. The van der Waals surface area contributed by atoms with E-state index < -0.39 is 5.97 Å². The van der Waals surface area contributed by atoms with Crippen molar-refractivity contribution in [2.45, 2.75) is 32.6 Å². The minimum atomic E-state index is -0.845. The van der Waals surface area contributed by atoms with Gasteiger partial charge in [0.25, 0.3) is 0 Å². The van der Waals surface area contributed by atoms with E-state index in [9.17, 15) is 9.59 Å². The molecule has 0 aliphatic carbocycles. The summed E-state index contributed by atoms with van der Waals surface area (Å²) in [7, 11) is 0. The fourth-order valence-corrected chi connectivity index (χ4v) is 1.79. The average Bonchev–Trinajstić information content (AvgIpc) is 2.42. The summed E-state index contributed by atoms with van der Waals surface area (Å²) in [4.78, 5) is 22.4. The van der Waals surface area contributed by atoms with Crippen molar-refractivity contribution in [1.29, 1.82) is 0 Å². The van der Waals surface area contributed by atoms with Crippen LogP contribution in [0.5, 0.6) is 0 Å². The first-order valence-electron chi connectivity index (χ1n) is 6.80. The van der Waals surface area contributed by atoms with Crippen molar-refractivity contribution >= 4 is 17.6 Å². The van der Waals surface area contributed by atoms with Crippen LogP contribution in [0.25, 0.3) is 0 Å². The molecule has 2 N–H and O–H groups in total. The fraction of sp³-hybridized carbons (Fsp3) is 0.467. The number of nitrogens with one attached hydrogen (secondary N) is 1. The summed E-state index contributed by atoms with van der Waals surface area (Å²) in [6, 6.07) is 7.28. The van der Waals surface area contributed by atoms with Crippen LogP contribution in [-0.4, -0.2) is 30.2 Å². The molecule has 1 amide bonds. The van der Waals surface area contributed by atoms with E-state index in [-0.39, 0.29) is 12.3 Å². The number of aryl methyl sites for hydroxylation is 1. The first-order valence-corrected chi connectivity index (χ1v) is 6.80. The van der Waals surface area contributed by atoms with Gasteiger partial charge in [-0.15, -0.1) is 0 Å². The van der Waals surface area contributed by atoms with Gasteiger partial charge < -0.3 is 15.2 Å². The Balaban J connectivity index is 2.49. The van der Waals surface area contributed by atoms with Crippen molar-refractivity contribution in [3.8, 4) is 0 Å². The van der Waals surface area contributed by atoms with Gasteiger partial charge in [0.2, 0.25) is 5.91 Å². The van der Waals surface area contributed by atoms with Gasteiger partial charge in [-0.05, 0) is 31.4 Å². The Hall–Kier alpha value is -1.88. The molecule has 0 radical (unpaired) electrons. The number of carbonyl (C=O) groups excluding carboxylic acids is 1. The maximum Gasteiger partial charge on any atom is 0.303 e. The number of carbonyl (C=O) groups is 2. The molecule has 1 rings (SSSR count). The molecule has 0 aromatic heterocycles. The lowest BCUT2D eigenvalue weighted by Gasteiger charge is -2.10. The second-order valence-corrected chi connectivity index (χ2v) is 4.40. The number of para-hydroxylation sites is 1. The first kappa shape index (κ1) is 16.2. The number of carboxylic acid groups (broad SMARTS) is 1. The second-order valence-electron chi connectivity index (χ2n) is 4.40. The van der Waals surface area contributed by atoms with E-state index in [1.54, 1.807) is 6.07 Å². The van der Waals surface area contributed by atoms with E-state index in [0.717, 1.165) is 5.56 Å². The Morgan fingerprint density at radius 2 is 2.00 bits per heavy atom. The molecule has 1 aromatic carbocycles. The van der Waals surface area contributed by atoms with Crippen molar-refractivity contribution in [3.05, 3.63) is 29.8 Å². The van der Waals surface area contributed by atoms with Crippen LogP contribution in [-0.2, 0) is 20.7 Å². The summed E-state index contributed by atoms with van der Waals surface area (Å²) in [5, 5.41) is 11.5. The van der Waals surface area contributed by atoms with Gasteiger partial charge in [-0.25, -0.2) is 0 Å². The highest BCUT2D eigenvalue weighted by Crippen LogP contribution is 2.17. The molecule has 0 bridgehead atoms. The van der Waals surface area contributed by atoms with E-state index in [1.165, 1.54) is 0 Å².